The van der Waals surface area contributed by atoms with Gasteiger partial charge in [-0.3, -0.25) is 0 Å². The SMILES string of the molecule is Cc1cc(-c2ccc(C(=O)O)o2)c(Cl)cc1F. The van der Waals surface area contributed by atoms with E-state index in [1.54, 1.807) is 6.92 Å². The van der Waals surface area contributed by atoms with Crippen molar-refractivity contribution in [1.29, 1.82) is 0 Å². The molecule has 0 fully saturated rings. The molecule has 0 bridgehead atoms. The second kappa shape index (κ2) is 4.22. The minimum Gasteiger partial charge on any atom is -0.475 e. The van der Waals surface area contributed by atoms with Crippen molar-refractivity contribution in [3.8, 4) is 11.3 Å². The second-order valence-corrected chi connectivity index (χ2v) is 3.96. The van der Waals surface area contributed by atoms with Crippen LogP contribution in [0.1, 0.15) is 16.1 Å². The molecule has 0 aliphatic carbocycles. The molecule has 1 aromatic carbocycles. The maximum Gasteiger partial charge on any atom is 0.371 e. The Balaban J connectivity index is 2.52. The molecule has 1 aromatic heterocycles. The van der Waals surface area contributed by atoms with Crippen molar-refractivity contribution in [2.24, 2.45) is 0 Å². The fraction of sp³-hybridized carbons (Fsp3) is 0.0833. The summed E-state index contributed by atoms with van der Waals surface area (Å²) in [7, 11) is 0. The number of hydrogen-bond acceptors (Lipinski definition) is 2. The van der Waals surface area contributed by atoms with Crippen LogP contribution in [0.25, 0.3) is 11.3 Å². The van der Waals surface area contributed by atoms with Crippen LogP contribution >= 0.6 is 11.6 Å². The summed E-state index contributed by atoms with van der Waals surface area (Å²) in [5, 5.41) is 8.91. The standard InChI is InChI=1S/C12H8ClFO3/c1-6-4-7(8(13)5-9(6)14)10-2-3-11(17-10)12(15)16/h2-5H,1H3,(H,15,16). The summed E-state index contributed by atoms with van der Waals surface area (Å²) in [6.45, 7) is 1.59. The van der Waals surface area contributed by atoms with Gasteiger partial charge in [-0.1, -0.05) is 11.6 Å². The molecular weight excluding hydrogens is 247 g/mol. The van der Waals surface area contributed by atoms with Gasteiger partial charge < -0.3 is 9.52 Å². The van der Waals surface area contributed by atoms with E-state index in [1.807, 2.05) is 0 Å². The van der Waals surface area contributed by atoms with Gasteiger partial charge in [-0.25, -0.2) is 9.18 Å². The highest BCUT2D eigenvalue weighted by Gasteiger charge is 2.14. The molecule has 1 N–H and O–H groups in total. The van der Waals surface area contributed by atoms with Crippen molar-refractivity contribution in [3.05, 3.63) is 46.4 Å². The van der Waals surface area contributed by atoms with E-state index >= 15 is 0 Å². The van der Waals surface area contributed by atoms with Crippen molar-refractivity contribution >= 4 is 17.6 Å². The average molecular weight is 255 g/mol. The second-order valence-electron chi connectivity index (χ2n) is 3.55. The number of carbonyl (C=O) groups is 1. The summed E-state index contributed by atoms with van der Waals surface area (Å²) in [6, 6.07) is 5.51. The molecule has 0 atom stereocenters. The number of aryl methyl sites for hydroxylation is 1. The lowest BCUT2D eigenvalue weighted by Crippen LogP contribution is -1.91. The van der Waals surface area contributed by atoms with E-state index in [2.05, 4.69) is 0 Å². The van der Waals surface area contributed by atoms with Crippen LogP contribution in [-0.2, 0) is 0 Å². The van der Waals surface area contributed by atoms with Gasteiger partial charge >= 0.3 is 5.97 Å². The topological polar surface area (TPSA) is 50.4 Å². The van der Waals surface area contributed by atoms with E-state index in [4.69, 9.17) is 21.1 Å². The van der Waals surface area contributed by atoms with E-state index in [0.717, 1.165) is 0 Å². The van der Waals surface area contributed by atoms with Crippen molar-refractivity contribution in [3.63, 3.8) is 0 Å². The molecule has 0 radical (unpaired) electrons. The molecule has 5 heteroatoms. The molecule has 1 heterocycles. The first-order valence-electron chi connectivity index (χ1n) is 4.78. The molecule has 0 spiro atoms. The first-order chi connectivity index (χ1) is 7.99. The Hall–Kier alpha value is -1.81. The minimum absolute atomic E-state index is 0.180. The van der Waals surface area contributed by atoms with Crippen molar-refractivity contribution in [2.75, 3.05) is 0 Å². The van der Waals surface area contributed by atoms with Crippen LogP contribution in [0.5, 0.6) is 0 Å². The Bertz CT molecular complexity index is 589. The number of carboxylic acids is 1. The highest BCUT2D eigenvalue weighted by atomic mass is 35.5. The van der Waals surface area contributed by atoms with Gasteiger partial charge in [0.15, 0.2) is 0 Å². The normalized spacial score (nSPS) is 10.5. The number of benzene rings is 1. The van der Waals surface area contributed by atoms with Crippen LogP contribution in [0.3, 0.4) is 0 Å². The lowest BCUT2D eigenvalue weighted by molar-refractivity contribution is 0.0663. The van der Waals surface area contributed by atoms with Gasteiger partial charge in [-0.2, -0.15) is 0 Å². The summed E-state index contributed by atoms with van der Waals surface area (Å²) < 4.78 is 18.3. The highest BCUT2D eigenvalue weighted by molar-refractivity contribution is 6.33. The number of hydrogen-bond donors (Lipinski definition) is 1. The maximum absolute atomic E-state index is 13.2. The summed E-state index contributed by atoms with van der Waals surface area (Å²) in [5.74, 6) is -1.46. The number of furan rings is 1. The molecule has 0 aliphatic heterocycles. The molecule has 0 saturated heterocycles. The van der Waals surface area contributed by atoms with Crippen LogP contribution in [-0.4, -0.2) is 11.1 Å². The third kappa shape index (κ3) is 2.17. The monoisotopic (exact) mass is 254 g/mol. The van der Waals surface area contributed by atoms with Gasteiger partial charge in [0.2, 0.25) is 5.76 Å². The van der Waals surface area contributed by atoms with E-state index in [9.17, 15) is 9.18 Å². The van der Waals surface area contributed by atoms with Crippen LogP contribution in [0.4, 0.5) is 4.39 Å². The van der Waals surface area contributed by atoms with E-state index < -0.39 is 11.8 Å². The zero-order chi connectivity index (χ0) is 12.6. The third-order valence-electron chi connectivity index (χ3n) is 2.33. The fourth-order valence-corrected chi connectivity index (χ4v) is 1.69. The molecule has 2 aromatic rings. The first-order valence-corrected chi connectivity index (χ1v) is 5.16. The average Bonchev–Trinajstić information content (AvgIpc) is 2.72. The molecule has 88 valence electrons. The summed E-state index contributed by atoms with van der Waals surface area (Å²) >= 11 is 5.88. The molecular formula is C12H8ClFO3. The van der Waals surface area contributed by atoms with Crippen LogP contribution in [0, 0.1) is 12.7 Å². The first kappa shape index (κ1) is 11.7. The largest absolute Gasteiger partial charge is 0.475 e. The van der Waals surface area contributed by atoms with Gasteiger partial charge in [0.05, 0.1) is 5.02 Å². The molecule has 17 heavy (non-hydrogen) atoms. The van der Waals surface area contributed by atoms with E-state index in [0.29, 0.717) is 16.9 Å². The van der Waals surface area contributed by atoms with Gasteiger partial charge in [-0.15, -0.1) is 0 Å². The van der Waals surface area contributed by atoms with Gasteiger partial charge in [0.25, 0.3) is 0 Å². The summed E-state index contributed by atoms with van der Waals surface area (Å²) in [6.07, 6.45) is 0. The van der Waals surface area contributed by atoms with Crippen LogP contribution < -0.4 is 0 Å². The van der Waals surface area contributed by atoms with Gasteiger partial charge in [0, 0.05) is 5.56 Å². The fourth-order valence-electron chi connectivity index (χ4n) is 1.44. The Morgan fingerprint density at radius 1 is 1.41 bits per heavy atom. The van der Waals surface area contributed by atoms with E-state index in [-0.39, 0.29) is 10.8 Å². The molecule has 0 aliphatic rings. The van der Waals surface area contributed by atoms with Crippen molar-refractivity contribution in [1.82, 2.24) is 0 Å². The smallest absolute Gasteiger partial charge is 0.371 e. The zero-order valence-corrected chi connectivity index (χ0v) is 9.58. The number of aromatic carboxylic acids is 1. The lowest BCUT2D eigenvalue weighted by Gasteiger charge is -2.03. The number of halogens is 2. The predicted molar refractivity (Wildman–Crippen MR) is 60.8 cm³/mol. The van der Waals surface area contributed by atoms with Gasteiger partial charge in [-0.05, 0) is 36.8 Å². The molecule has 0 amide bonds. The highest BCUT2D eigenvalue weighted by Crippen LogP contribution is 2.31. The van der Waals surface area contributed by atoms with Crippen LogP contribution in [0.2, 0.25) is 5.02 Å². The number of rotatable bonds is 2. The molecule has 0 unspecified atom stereocenters. The summed E-state index contributed by atoms with van der Waals surface area (Å²) in [5.41, 5.74) is 0.885. The summed E-state index contributed by atoms with van der Waals surface area (Å²) in [4.78, 5) is 10.7. The lowest BCUT2D eigenvalue weighted by atomic mass is 10.1. The quantitative estimate of drug-likeness (QED) is 0.888. The zero-order valence-electron chi connectivity index (χ0n) is 8.83. The van der Waals surface area contributed by atoms with Crippen LogP contribution in [0.15, 0.2) is 28.7 Å². The van der Waals surface area contributed by atoms with Gasteiger partial charge in [0.1, 0.15) is 11.6 Å². The Kier molecular flexibility index (Phi) is 2.90. The minimum atomic E-state index is -1.16. The maximum atomic E-state index is 13.2. The van der Waals surface area contributed by atoms with E-state index in [1.165, 1.54) is 24.3 Å². The van der Waals surface area contributed by atoms with Crippen molar-refractivity contribution in [2.45, 2.75) is 6.92 Å². The Morgan fingerprint density at radius 2 is 2.12 bits per heavy atom. The molecule has 2 rings (SSSR count). The Morgan fingerprint density at radius 3 is 2.71 bits per heavy atom. The van der Waals surface area contributed by atoms with Crippen molar-refractivity contribution < 1.29 is 18.7 Å². The third-order valence-corrected chi connectivity index (χ3v) is 2.64. The predicted octanol–water partition coefficient (Wildman–Crippen LogP) is 3.75. The number of carboxylic acid groups (broad SMARTS) is 1. The molecule has 0 saturated carbocycles. The Labute approximate surface area is 101 Å². The molecule has 3 nitrogen and oxygen atoms in total.